The van der Waals surface area contributed by atoms with Crippen molar-refractivity contribution >= 4 is 15.9 Å². The average molecular weight is 339 g/mol. The van der Waals surface area contributed by atoms with E-state index in [1.165, 1.54) is 6.07 Å². The highest BCUT2D eigenvalue weighted by Crippen LogP contribution is 2.31. The van der Waals surface area contributed by atoms with Gasteiger partial charge in [-0.25, -0.2) is 9.37 Å². The molecule has 0 atom stereocenters. The molecule has 2 aromatic rings. The van der Waals surface area contributed by atoms with Crippen LogP contribution in [0.3, 0.4) is 0 Å². The maximum atomic E-state index is 13.7. The molecule has 1 aromatic carbocycles. The fourth-order valence-electron chi connectivity index (χ4n) is 1.72. The molecule has 6 heteroatoms. The minimum Gasteiger partial charge on any atom is -0.434 e. The number of ether oxygens (including phenoxy) is 1. The van der Waals surface area contributed by atoms with Crippen molar-refractivity contribution in [1.29, 1.82) is 5.26 Å². The molecule has 20 heavy (non-hydrogen) atoms. The summed E-state index contributed by atoms with van der Waals surface area (Å²) >= 11 is 3.05. The second-order valence-electron chi connectivity index (χ2n) is 4.17. The van der Waals surface area contributed by atoms with Crippen LogP contribution in [0.2, 0.25) is 0 Å². The molecular formula is C14H9BrF2N2O. The molecule has 3 nitrogen and oxygen atoms in total. The maximum Gasteiger partial charge on any atom is 0.237 e. The smallest absolute Gasteiger partial charge is 0.237 e. The zero-order chi connectivity index (χ0) is 14.9. The Labute approximate surface area is 123 Å². The van der Waals surface area contributed by atoms with Crippen molar-refractivity contribution in [3.8, 4) is 17.7 Å². The van der Waals surface area contributed by atoms with Crippen LogP contribution in [0.15, 0.2) is 22.7 Å². The second kappa shape index (κ2) is 5.55. The van der Waals surface area contributed by atoms with Crippen molar-refractivity contribution in [1.82, 2.24) is 4.98 Å². The Balaban J connectivity index is 2.53. The number of nitriles is 1. The van der Waals surface area contributed by atoms with E-state index in [4.69, 9.17) is 10.00 Å². The molecule has 0 aliphatic heterocycles. The summed E-state index contributed by atoms with van der Waals surface area (Å²) in [6.45, 7) is 3.44. The first kappa shape index (κ1) is 14.4. The number of hydrogen-bond acceptors (Lipinski definition) is 3. The quantitative estimate of drug-likeness (QED) is 0.762. The molecule has 0 aliphatic carbocycles. The number of nitrogens with zero attached hydrogens (tertiary/aromatic N) is 2. The summed E-state index contributed by atoms with van der Waals surface area (Å²) in [6, 6.07) is 5.92. The third kappa shape index (κ3) is 2.78. The molecule has 1 heterocycles. The van der Waals surface area contributed by atoms with E-state index < -0.39 is 11.6 Å². The van der Waals surface area contributed by atoms with Gasteiger partial charge in [0, 0.05) is 10.2 Å². The third-order valence-electron chi connectivity index (χ3n) is 2.59. The molecule has 0 N–H and O–H groups in total. The van der Waals surface area contributed by atoms with Crippen LogP contribution in [0.1, 0.15) is 16.8 Å². The second-order valence-corrected chi connectivity index (χ2v) is 5.09. The molecule has 0 amide bonds. The highest BCUT2D eigenvalue weighted by atomic mass is 79.9. The fraction of sp³-hybridized carbons (Fsp3) is 0.143. The lowest BCUT2D eigenvalue weighted by Crippen LogP contribution is -1.99. The first-order chi connectivity index (χ1) is 9.42. The predicted molar refractivity (Wildman–Crippen MR) is 72.6 cm³/mol. The monoisotopic (exact) mass is 338 g/mol. The highest BCUT2D eigenvalue weighted by Gasteiger charge is 2.16. The lowest BCUT2D eigenvalue weighted by atomic mass is 10.1. The number of hydrogen-bond donors (Lipinski definition) is 0. The van der Waals surface area contributed by atoms with Crippen molar-refractivity contribution in [3.05, 3.63) is 51.1 Å². The van der Waals surface area contributed by atoms with Crippen LogP contribution in [-0.2, 0) is 0 Å². The normalized spacial score (nSPS) is 10.2. The third-order valence-corrected chi connectivity index (χ3v) is 3.05. The van der Waals surface area contributed by atoms with Gasteiger partial charge in [-0.15, -0.1) is 0 Å². The molecule has 0 saturated carbocycles. The van der Waals surface area contributed by atoms with Crippen LogP contribution in [0, 0.1) is 36.8 Å². The van der Waals surface area contributed by atoms with Gasteiger partial charge in [-0.3, -0.25) is 0 Å². The van der Waals surface area contributed by atoms with Crippen molar-refractivity contribution in [2.75, 3.05) is 0 Å². The van der Waals surface area contributed by atoms with E-state index in [-0.39, 0.29) is 17.2 Å². The van der Waals surface area contributed by atoms with Gasteiger partial charge in [0.2, 0.25) is 11.7 Å². The average Bonchev–Trinajstić information content (AvgIpc) is 2.35. The summed E-state index contributed by atoms with van der Waals surface area (Å²) in [5.74, 6) is -2.54. The number of aryl methyl sites for hydroxylation is 2. The van der Waals surface area contributed by atoms with E-state index in [9.17, 15) is 8.78 Å². The van der Waals surface area contributed by atoms with Crippen LogP contribution >= 0.6 is 15.9 Å². The minimum absolute atomic E-state index is 0.0404. The Hall–Kier alpha value is -2.00. The van der Waals surface area contributed by atoms with Gasteiger partial charge in [0.25, 0.3) is 0 Å². The lowest BCUT2D eigenvalue weighted by Gasteiger charge is -2.10. The topological polar surface area (TPSA) is 45.9 Å². The van der Waals surface area contributed by atoms with Gasteiger partial charge in [0.05, 0.1) is 0 Å². The molecule has 0 fully saturated rings. The Morgan fingerprint density at radius 3 is 2.60 bits per heavy atom. The van der Waals surface area contributed by atoms with Gasteiger partial charge in [-0.2, -0.15) is 9.65 Å². The minimum atomic E-state index is -1.13. The summed E-state index contributed by atoms with van der Waals surface area (Å²) in [4.78, 5) is 4.05. The van der Waals surface area contributed by atoms with E-state index in [0.29, 0.717) is 15.7 Å². The van der Waals surface area contributed by atoms with Crippen LogP contribution in [0.5, 0.6) is 11.6 Å². The number of rotatable bonds is 2. The van der Waals surface area contributed by atoms with Crippen molar-refractivity contribution in [2.24, 2.45) is 0 Å². The maximum absolute atomic E-state index is 13.7. The van der Waals surface area contributed by atoms with Crippen LogP contribution in [0.4, 0.5) is 8.78 Å². The molecule has 0 unspecified atom stereocenters. The predicted octanol–water partition coefficient (Wildman–Crippen LogP) is 4.40. The van der Waals surface area contributed by atoms with Crippen molar-refractivity contribution < 1.29 is 13.5 Å². The number of benzene rings is 1. The Kier molecular flexibility index (Phi) is 4.00. The van der Waals surface area contributed by atoms with Crippen LogP contribution in [-0.4, -0.2) is 4.98 Å². The molecule has 0 aliphatic rings. The van der Waals surface area contributed by atoms with Gasteiger partial charge in [0.1, 0.15) is 11.6 Å². The van der Waals surface area contributed by atoms with Crippen LogP contribution < -0.4 is 4.74 Å². The highest BCUT2D eigenvalue weighted by molar-refractivity contribution is 9.10. The van der Waals surface area contributed by atoms with Gasteiger partial charge >= 0.3 is 0 Å². The summed E-state index contributed by atoms with van der Waals surface area (Å²) in [7, 11) is 0. The lowest BCUT2D eigenvalue weighted by molar-refractivity contribution is 0.403. The molecule has 0 spiro atoms. The summed E-state index contributed by atoms with van der Waals surface area (Å²) in [5.41, 5.74) is 1.47. The van der Waals surface area contributed by atoms with E-state index in [0.717, 1.165) is 6.07 Å². The largest absolute Gasteiger partial charge is 0.434 e. The Morgan fingerprint density at radius 2 is 1.95 bits per heavy atom. The Morgan fingerprint density at radius 1 is 1.25 bits per heavy atom. The van der Waals surface area contributed by atoms with Crippen molar-refractivity contribution in [2.45, 2.75) is 13.8 Å². The Bertz CT molecular complexity index is 726. The van der Waals surface area contributed by atoms with Gasteiger partial charge in [-0.05, 0) is 37.6 Å². The molecule has 2 rings (SSSR count). The molecule has 0 bridgehead atoms. The van der Waals surface area contributed by atoms with Gasteiger partial charge in [-0.1, -0.05) is 15.9 Å². The van der Waals surface area contributed by atoms with Crippen LogP contribution in [0.25, 0.3) is 0 Å². The zero-order valence-corrected chi connectivity index (χ0v) is 12.3. The van der Waals surface area contributed by atoms with Gasteiger partial charge < -0.3 is 4.74 Å². The molecule has 0 saturated heterocycles. The van der Waals surface area contributed by atoms with E-state index in [1.54, 1.807) is 19.9 Å². The zero-order valence-electron chi connectivity index (χ0n) is 10.7. The molecule has 0 radical (unpaired) electrons. The SMILES string of the molecule is Cc1cc(C)c(C#N)c(Oc2cc(Br)cc(F)c2F)n1. The van der Waals surface area contributed by atoms with E-state index in [2.05, 4.69) is 20.9 Å². The summed E-state index contributed by atoms with van der Waals surface area (Å²) < 4.78 is 32.6. The molecule has 102 valence electrons. The fourth-order valence-corrected chi connectivity index (χ4v) is 2.13. The van der Waals surface area contributed by atoms with E-state index in [1.807, 2.05) is 6.07 Å². The standard InChI is InChI=1S/C14H9BrF2N2O/c1-7-3-8(2)19-14(10(7)6-18)20-12-5-9(15)4-11(16)13(12)17/h3-5H,1-2H3. The van der Waals surface area contributed by atoms with Crippen molar-refractivity contribution in [3.63, 3.8) is 0 Å². The summed E-state index contributed by atoms with van der Waals surface area (Å²) in [6.07, 6.45) is 0. The summed E-state index contributed by atoms with van der Waals surface area (Å²) in [5, 5.41) is 9.10. The number of pyridine rings is 1. The number of halogens is 3. The first-order valence-electron chi connectivity index (χ1n) is 5.63. The molecule has 1 aromatic heterocycles. The number of aromatic nitrogens is 1. The molecular weight excluding hydrogens is 330 g/mol. The van der Waals surface area contributed by atoms with E-state index >= 15 is 0 Å². The van der Waals surface area contributed by atoms with Gasteiger partial charge in [0.15, 0.2) is 11.6 Å². The first-order valence-corrected chi connectivity index (χ1v) is 6.42.